The molecule has 3 aliphatic carbocycles. The standard InChI is InChI=1S/C30H31N7O3/c1-18-10-20(6-5-9-31)11-19(2)25(18)40-27-24(33)26(34-13-21-7-8-22(38-3)12-23(21)39-4)35-28(36-27)37-30-14-29(15-30,16-30)17-32/h5-8,10-12H,13-16,33H2,1-4H3,(H2,34,35,36,37). The highest BCUT2D eigenvalue weighted by Crippen LogP contribution is 2.67. The fourth-order valence-electron chi connectivity index (χ4n) is 5.64. The number of nitrogen functional groups attached to an aromatic ring is 1. The molecule has 6 rings (SSSR count). The van der Waals surface area contributed by atoms with Crippen LogP contribution in [0, 0.1) is 41.9 Å². The molecule has 10 nitrogen and oxygen atoms in total. The van der Waals surface area contributed by atoms with Crippen molar-refractivity contribution in [2.75, 3.05) is 30.6 Å². The first kappa shape index (κ1) is 26.6. The minimum Gasteiger partial charge on any atom is -0.497 e. The Balaban J connectivity index is 1.46. The average Bonchev–Trinajstić information content (AvgIpc) is 2.91. The van der Waals surface area contributed by atoms with Crippen LogP contribution in [0.3, 0.4) is 0 Å². The number of methoxy groups -OCH3 is 2. The second-order valence-electron chi connectivity index (χ2n) is 10.5. The molecule has 3 saturated carbocycles. The van der Waals surface area contributed by atoms with E-state index < -0.39 is 0 Å². The van der Waals surface area contributed by atoms with Crippen molar-refractivity contribution < 1.29 is 14.2 Å². The van der Waals surface area contributed by atoms with Crippen molar-refractivity contribution in [3.05, 3.63) is 58.7 Å². The zero-order chi connectivity index (χ0) is 28.5. The van der Waals surface area contributed by atoms with Crippen LogP contribution in [0.1, 0.15) is 41.5 Å². The third-order valence-electron chi connectivity index (χ3n) is 7.53. The van der Waals surface area contributed by atoms with Crippen molar-refractivity contribution in [1.29, 1.82) is 10.5 Å². The first-order chi connectivity index (χ1) is 19.2. The molecule has 0 amide bonds. The number of rotatable bonds is 10. The van der Waals surface area contributed by atoms with E-state index in [-0.39, 0.29) is 22.5 Å². The lowest BCUT2D eigenvalue weighted by atomic mass is 9.40. The van der Waals surface area contributed by atoms with E-state index >= 15 is 0 Å². The number of hydrogen-bond acceptors (Lipinski definition) is 10. The maximum absolute atomic E-state index is 9.43. The van der Waals surface area contributed by atoms with Gasteiger partial charge in [0.25, 0.3) is 0 Å². The van der Waals surface area contributed by atoms with Gasteiger partial charge in [-0.25, -0.2) is 0 Å². The first-order valence-electron chi connectivity index (χ1n) is 12.9. The molecule has 1 aromatic heterocycles. The summed E-state index contributed by atoms with van der Waals surface area (Å²) >= 11 is 0. The van der Waals surface area contributed by atoms with E-state index in [1.807, 2.05) is 50.2 Å². The van der Waals surface area contributed by atoms with Crippen LogP contribution in [0.5, 0.6) is 23.1 Å². The summed E-state index contributed by atoms with van der Waals surface area (Å²) < 4.78 is 17.2. The average molecular weight is 538 g/mol. The number of nitriles is 2. The Morgan fingerprint density at radius 2 is 1.77 bits per heavy atom. The minimum atomic E-state index is -0.220. The minimum absolute atomic E-state index is 0.180. The van der Waals surface area contributed by atoms with Gasteiger partial charge in [-0.1, -0.05) is 0 Å². The molecule has 204 valence electrons. The van der Waals surface area contributed by atoms with E-state index in [1.165, 1.54) is 6.08 Å². The van der Waals surface area contributed by atoms with Crippen molar-refractivity contribution in [2.45, 2.75) is 45.2 Å². The van der Waals surface area contributed by atoms with Crippen molar-refractivity contribution in [3.63, 3.8) is 0 Å². The van der Waals surface area contributed by atoms with Crippen molar-refractivity contribution >= 4 is 23.5 Å². The van der Waals surface area contributed by atoms with Crippen LogP contribution in [-0.4, -0.2) is 29.7 Å². The summed E-state index contributed by atoms with van der Waals surface area (Å²) in [5.74, 6) is 3.00. The van der Waals surface area contributed by atoms with Gasteiger partial charge < -0.3 is 30.6 Å². The lowest BCUT2D eigenvalue weighted by molar-refractivity contribution is -0.0665. The topological polar surface area (TPSA) is 151 Å². The molecule has 2 aromatic carbocycles. The fraction of sp³-hybridized carbons (Fsp3) is 0.333. The Morgan fingerprint density at radius 1 is 1.05 bits per heavy atom. The summed E-state index contributed by atoms with van der Waals surface area (Å²) in [6, 6.07) is 13.9. The molecular weight excluding hydrogens is 506 g/mol. The summed E-state index contributed by atoms with van der Waals surface area (Å²) in [4.78, 5) is 9.33. The number of hydrogen-bond donors (Lipinski definition) is 3. The highest BCUT2D eigenvalue weighted by Gasteiger charge is 2.69. The van der Waals surface area contributed by atoms with Crippen LogP contribution in [0.25, 0.3) is 6.08 Å². The molecule has 0 unspecified atom stereocenters. The SMILES string of the molecule is COc1ccc(CNc2nc(NC34CC(C#N)(C3)C4)nc(Oc3c(C)cc(C=CC#N)cc3C)c2N)c(OC)c1. The van der Waals surface area contributed by atoms with E-state index in [0.717, 1.165) is 41.5 Å². The van der Waals surface area contributed by atoms with Gasteiger partial charge in [0.2, 0.25) is 11.8 Å². The molecule has 4 N–H and O–H groups in total. The molecule has 2 bridgehead atoms. The van der Waals surface area contributed by atoms with Crippen LogP contribution < -0.4 is 30.6 Å². The van der Waals surface area contributed by atoms with E-state index in [2.05, 4.69) is 26.7 Å². The van der Waals surface area contributed by atoms with Crippen molar-refractivity contribution in [1.82, 2.24) is 9.97 Å². The lowest BCUT2D eigenvalue weighted by Gasteiger charge is -2.66. The van der Waals surface area contributed by atoms with Gasteiger partial charge in [0.05, 0.1) is 31.8 Å². The van der Waals surface area contributed by atoms with E-state index in [4.69, 9.17) is 25.2 Å². The smallest absolute Gasteiger partial charge is 0.249 e. The third kappa shape index (κ3) is 4.92. The Labute approximate surface area is 233 Å². The van der Waals surface area contributed by atoms with Crippen molar-refractivity contribution in [2.24, 2.45) is 5.41 Å². The fourth-order valence-corrected chi connectivity index (χ4v) is 5.64. The molecule has 40 heavy (non-hydrogen) atoms. The summed E-state index contributed by atoms with van der Waals surface area (Å²) in [5.41, 5.74) is 9.95. The lowest BCUT2D eigenvalue weighted by Crippen LogP contribution is -2.70. The molecule has 0 atom stereocenters. The molecule has 0 spiro atoms. The number of anilines is 3. The highest BCUT2D eigenvalue weighted by molar-refractivity contribution is 5.70. The van der Waals surface area contributed by atoms with Gasteiger partial charge in [-0.2, -0.15) is 20.5 Å². The largest absolute Gasteiger partial charge is 0.497 e. The maximum Gasteiger partial charge on any atom is 0.249 e. The Kier molecular flexibility index (Phi) is 6.87. The van der Waals surface area contributed by atoms with Crippen LogP contribution in [0.4, 0.5) is 17.5 Å². The van der Waals surface area contributed by atoms with Gasteiger partial charge in [-0.3, -0.25) is 0 Å². The second kappa shape index (κ2) is 10.3. The Hall–Kier alpha value is -4.96. The number of ether oxygens (including phenoxy) is 3. The predicted molar refractivity (Wildman–Crippen MR) is 152 cm³/mol. The van der Waals surface area contributed by atoms with Crippen molar-refractivity contribution in [3.8, 4) is 35.3 Å². The number of nitrogens with zero attached hydrogens (tertiary/aromatic N) is 4. The van der Waals surface area contributed by atoms with Gasteiger partial charge in [0.15, 0.2) is 5.82 Å². The quantitative estimate of drug-likeness (QED) is 0.283. The second-order valence-corrected chi connectivity index (χ2v) is 10.5. The van der Waals surface area contributed by atoms with Gasteiger partial charge in [-0.15, -0.1) is 0 Å². The molecule has 10 heteroatoms. The molecule has 0 aliphatic heterocycles. The van der Waals surface area contributed by atoms with Crippen LogP contribution >= 0.6 is 0 Å². The number of aryl methyl sites for hydroxylation is 2. The van der Waals surface area contributed by atoms with Crippen LogP contribution in [0.15, 0.2) is 36.4 Å². The van der Waals surface area contributed by atoms with Gasteiger partial charge in [-0.05, 0) is 80.1 Å². The monoisotopic (exact) mass is 537 g/mol. The zero-order valence-corrected chi connectivity index (χ0v) is 23.0. The maximum atomic E-state index is 9.43. The number of benzene rings is 2. The summed E-state index contributed by atoms with van der Waals surface area (Å²) in [6.45, 7) is 4.25. The summed E-state index contributed by atoms with van der Waals surface area (Å²) in [6.07, 6.45) is 5.48. The summed E-state index contributed by atoms with van der Waals surface area (Å²) in [5, 5.41) is 25.1. The zero-order valence-electron chi connectivity index (χ0n) is 23.0. The van der Waals surface area contributed by atoms with E-state index in [9.17, 15) is 5.26 Å². The van der Waals surface area contributed by atoms with Gasteiger partial charge >= 0.3 is 0 Å². The third-order valence-corrected chi connectivity index (χ3v) is 7.53. The number of allylic oxidation sites excluding steroid dienone is 1. The Morgan fingerprint density at radius 3 is 2.40 bits per heavy atom. The predicted octanol–water partition coefficient (Wildman–Crippen LogP) is 5.49. The molecule has 3 aromatic rings. The van der Waals surface area contributed by atoms with Crippen LogP contribution in [0.2, 0.25) is 0 Å². The highest BCUT2D eigenvalue weighted by atomic mass is 16.5. The number of nitrogens with one attached hydrogen (secondary N) is 2. The van der Waals surface area contributed by atoms with Gasteiger partial charge in [0, 0.05) is 29.8 Å². The Bertz CT molecular complexity index is 1540. The van der Waals surface area contributed by atoms with Gasteiger partial charge in [0.1, 0.15) is 22.9 Å². The number of nitrogens with two attached hydrogens (primary N) is 1. The van der Waals surface area contributed by atoms with E-state index in [1.54, 1.807) is 20.3 Å². The molecular formula is C30H31N7O3. The molecule has 3 fully saturated rings. The molecule has 0 saturated heterocycles. The molecule has 1 heterocycles. The van der Waals surface area contributed by atoms with Crippen LogP contribution in [-0.2, 0) is 6.54 Å². The first-order valence-corrected chi connectivity index (χ1v) is 12.9. The summed E-state index contributed by atoms with van der Waals surface area (Å²) in [7, 11) is 3.21. The van der Waals surface area contributed by atoms with E-state index in [0.29, 0.717) is 35.6 Å². The molecule has 0 radical (unpaired) electrons. The molecule has 3 aliphatic rings. The normalized spacial score (nSPS) is 20.4. The number of aromatic nitrogens is 2.